The number of benzene rings is 1. The highest BCUT2D eigenvalue weighted by atomic mass is 16.2. The Morgan fingerprint density at radius 2 is 1.81 bits per heavy atom. The summed E-state index contributed by atoms with van der Waals surface area (Å²) in [6, 6.07) is 10.6. The van der Waals surface area contributed by atoms with Gasteiger partial charge in [0, 0.05) is 32.6 Å². The maximum atomic E-state index is 12.6. The third kappa shape index (κ3) is 3.33. The van der Waals surface area contributed by atoms with Gasteiger partial charge >= 0.3 is 0 Å². The van der Waals surface area contributed by atoms with E-state index in [2.05, 4.69) is 35.3 Å². The third-order valence-corrected chi connectivity index (χ3v) is 6.66. The lowest BCUT2D eigenvalue weighted by molar-refractivity contribution is -0.132. The molecular formula is C25H29N5O. The molecule has 6 nitrogen and oxygen atoms in total. The van der Waals surface area contributed by atoms with Crippen LogP contribution in [0.1, 0.15) is 49.8 Å². The number of nitrogens with zero attached hydrogens (tertiary/aromatic N) is 5. The van der Waals surface area contributed by atoms with E-state index in [9.17, 15) is 10.1 Å². The van der Waals surface area contributed by atoms with E-state index in [4.69, 9.17) is 4.98 Å². The SMILES string of the molecule is CC(C)CC(=O)N1CCN(c2c3c(c(C#N)c4nc5ccccc5n24)CCCC3)CC1. The number of hydrogen-bond donors (Lipinski definition) is 0. The molecule has 1 amide bonds. The molecule has 1 fully saturated rings. The predicted octanol–water partition coefficient (Wildman–Crippen LogP) is 3.93. The van der Waals surface area contributed by atoms with Gasteiger partial charge in [0.25, 0.3) is 0 Å². The van der Waals surface area contributed by atoms with Gasteiger partial charge in [-0.2, -0.15) is 5.26 Å². The van der Waals surface area contributed by atoms with E-state index in [0.29, 0.717) is 12.3 Å². The Bertz CT molecular complexity index is 1190. The number of para-hydroxylation sites is 2. The smallest absolute Gasteiger partial charge is 0.222 e. The molecule has 0 atom stereocenters. The molecule has 31 heavy (non-hydrogen) atoms. The van der Waals surface area contributed by atoms with Crippen LogP contribution in [0.25, 0.3) is 16.7 Å². The van der Waals surface area contributed by atoms with Crippen molar-refractivity contribution in [2.45, 2.75) is 46.0 Å². The van der Waals surface area contributed by atoms with Gasteiger partial charge in [-0.25, -0.2) is 4.98 Å². The second kappa shape index (κ2) is 7.88. The normalized spacial score (nSPS) is 16.7. The number of piperazine rings is 1. The maximum absolute atomic E-state index is 12.6. The van der Waals surface area contributed by atoms with Crippen LogP contribution in [0.3, 0.4) is 0 Å². The van der Waals surface area contributed by atoms with E-state index < -0.39 is 0 Å². The van der Waals surface area contributed by atoms with Crippen LogP contribution in [0, 0.1) is 17.2 Å². The molecule has 0 spiro atoms. The van der Waals surface area contributed by atoms with Crippen LogP contribution < -0.4 is 4.90 Å². The number of imidazole rings is 1. The van der Waals surface area contributed by atoms with Crippen molar-refractivity contribution in [1.82, 2.24) is 14.3 Å². The maximum Gasteiger partial charge on any atom is 0.222 e. The highest BCUT2D eigenvalue weighted by molar-refractivity contribution is 5.86. The fourth-order valence-corrected chi connectivity index (χ4v) is 5.20. The van der Waals surface area contributed by atoms with Crippen molar-refractivity contribution in [3.8, 4) is 6.07 Å². The predicted molar refractivity (Wildman–Crippen MR) is 122 cm³/mol. The summed E-state index contributed by atoms with van der Waals surface area (Å²) in [4.78, 5) is 21.9. The number of amides is 1. The lowest BCUT2D eigenvalue weighted by atomic mass is 9.88. The van der Waals surface area contributed by atoms with Gasteiger partial charge in [-0.3, -0.25) is 9.20 Å². The van der Waals surface area contributed by atoms with E-state index in [0.717, 1.165) is 74.1 Å². The summed E-state index contributed by atoms with van der Waals surface area (Å²) in [5, 5.41) is 10.0. The zero-order chi connectivity index (χ0) is 21.5. The van der Waals surface area contributed by atoms with E-state index in [1.165, 1.54) is 16.9 Å². The van der Waals surface area contributed by atoms with Gasteiger partial charge < -0.3 is 9.80 Å². The summed E-state index contributed by atoms with van der Waals surface area (Å²) < 4.78 is 2.21. The molecule has 0 N–H and O–H groups in total. The van der Waals surface area contributed by atoms with Gasteiger partial charge in [-0.15, -0.1) is 0 Å². The first-order valence-corrected chi connectivity index (χ1v) is 11.5. The number of pyridine rings is 1. The molecule has 2 aromatic heterocycles. The van der Waals surface area contributed by atoms with Crippen molar-refractivity contribution < 1.29 is 4.79 Å². The minimum atomic E-state index is 0.259. The molecule has 5 rings (SSSR count). The molecule has 3 heterocycles. The Kier molecular flexibility index (Phi) is 5.05. The summed E-state index contributed by atoms with van der Waals surface area (Å²) in [6.45, 7) is 7.30. The van der Waals surface area contributed by atoms with Crippen molar-refractivity contribution in [1.29, 1.82) is 5.26 Å². The van der Waals surface area contributed by atoms with Gasteiger partial charge in [0.05, 0.1) is 16.6 Å². The number of carbonyl (C=O) groups excluding carboxylic acids is 1. The molecule has 0 saturated carbocycles. The van der Waals surface area contributed by atoms with Gasteiger partial charge in [0.15, 0.2) is 5.65 Å². The standard InChI is InChI=1S/C25H29N5O/c1-17(2)15-23(31)28-11-13-29(14-12-28)25-19-8-4-3-7-18(19)20(16-26)24-27-21-9-5-6-10-22(21)30(24)25/h5-6,9-10,17H,3-4,7-8,11-15H2,1-2H3. The van der Waals surface area contributed by atoms with E-state index in [-0.39, 0.29) is 5.91 Å². The molecular weight excluding hydrogens is 386 g/mol. The third-order valence-electron chi connectivity index (χ3n) is 6.66. The molecule has 1 aliphatic carbocycles. The lowest BCUT2D eigenvalue weighted by Gasteiger charge is -2.38. The van der Waals surface area contributed by atoms with Gasteiger partial charge in [-0.1, -0.05) is 26.0 Å². The molecule has 3 aromatic rings. The summed E-state index contributed by atoms with van der Waals surface area (Å²) >= 11 is 0. The number of aromatic nitrogens is 2. The highest BCUT2D eigenvalue weighted by Crippen LogP contribution is 2.37. The second-order valence-corrected chi connectivity index (χ2v) is 9.20. The van der Waals surface area contributed by atoms with Crippen LogP contribution in [-0.4, -0.2) is 46.4 Å². The lowest BCUT2D eigenvalue weighted by Crippen LogP contribution is -2.49. The van der Waals surface area contributed by atoms with Crippen LogP contribution in [0.4, 0.5) is 5.82 Å². The number of hydrogen-bond acceptors (Lipinski definition) is 4. The van der Waals surface area contributed by atoms with Gasteiger partial charge in [0.2, 0.25) is 5.91 Å². The average molecular weight is 416 g/mol. The summed E-state index contributed by atoms with van der Waals surface area (Å²) in [5.41, 5.74) is 5.98. The van der Waals surface area contributed by atoms with Crippen LogP contribution in [0.15, 0.2) is 24.3 Å². The Balaban J connectivity index is 1.62. The summed E-state index contributed by atoms with van der Waals surface area (Å²) in [6.07, 6.45) is 4.82. The quantitative estimate of drug-likeness (QED) is 0.650. The first kappa shape index (κ1) is 19.9. The van der Waals surface area contributed by atoms with Crippen LogP contribution in [0.2, 0.25) is 0 Å². The fourth-order valence-electron chi connectivity index (χ4n) is 5.20. The summed E-state index contributed by atoms with van der Waals surface area (Å²) in [5.74, 6) is 1.83. The molecule has 2 aliphatic rings. The Morgan fingerprint density at radius 1 is 1.10 bits per heavy atom. The molecule has 160 valence electrons. The average Bonchev–Trinajstić information content (AvgIpc) is 3.16. The van der Waals surface area contributed by atoms with Crippen LogP contribution >= 0.6 is 0 Å². The van der Waals surface area contributed by atoms with Crippen LogP contribution in [-0.2, 0) is 17.6 Å². The molecule has 1 saturated heterocycles. The van der Waals surface area contributed by atoms with Crippen molar-refractivity contribution in [3.05, 3.63) is 41.0 Å². The topological polar surface area (TPSA) is 64.6 Å². The molecule has 1 aliphatic heterocycles. The van der Waals surface area contributed by atoms with Crippen molar-refractivity contribution >= 4 is 28.4 Å². The zero-order valence-electron chi connectivity index (χ0n) is 18.4. The van der Waals surface area contributed by atoms with Crippen molar-refractivity contribution in [2.24, 2.45) is 5.92 Å². The Labute approximate surface area is 183 Å². The second-order valence-electron chi connectivity index (χ2n) is 9.20. The largest absolute Gasteiger partial charge is 0.354 e. The van der Waals surface area contributed by atoms with Crippen molar-refractivity contribution in [2.75, 3.05) is 31.1 Å². The Hall–Kier alpha value is -3.07. The molecule has 1 aromatic carbocycles. The van der Waals surface area contributed by atoms with E-state index in [1.807, 2.05) is 23.1 Å². The van der Waals surface area contributed by atoms with Gasteiger partial charge in [-0.05, 0) is 54.9 Å². The van der Waals surface area contributed by atoms with Gasteiger partial charge in [0.1, 0.15) is 11.9 Å². The minimum Gasteiger partial charge on any atom is -0.354 e. The number of anilines is 1. The monoisotopic (exact) mass is 415 g/mol. The molecule has 0 unspecified atom stereocenters. The molecule has 0 bridgehead atoms. The zero-order valence-corrected chi connectivity index (χ0v) is 18.4. The van der Waals surface area contributed by atoms with Crippen molar-refractivity contribution in [3.63, 3.8) is 0 Å². The minimum absolute atomic E-state index is 0.259. The number of rotatable bonds is 3. The Morgan fingerprint density at radius 3 is 2.52 bits per heavy atom. The van der Waals surface area contributed by atoms with E-state index in [1.54, 1.807) is 0 Å². The number of fused-ring (bicyclic) bond motifs is 4. The molecule has 0 radical (unpaired) electrons. The molecule has 6 heteroatoms. The highest BCUT2D eigenvalue weighted by Gasteiger charge is 2.30. The first-order chi connectivity index (χ1) is 15.1. The fraction of sp³-hybridized carbons (Fsp3) is 0.480. The number of nitriles is 1. The van der Waals surface area contributed by atoms with E-state index >= 15 is 0 Å². The summed E-state index contributed by atoms with van der Waals surface area (Å²) in [7, 11) is 0. The first-order valence-electron chi connectivity index (χ1n) is 11.5. The van der Waals surface area contributed by atoms with Crippen LogP contribution in [0.5, 0.6) is 0 Å². The number of carbonyl (C=O) groups is 1.